The average molecular weight is 787 g/mol. The van der Waals surface area contributed by atoms with E-state index in [1.165, 1.54) is 11.1 Å². The Kier molecular flexibility index (Phi) is 21.2. The smallest absolute Gasteiger partial charge is 0.186 e. The van der Waals surface area contributed by atoms with Crippen LogP contribution in [0.15, 0.2) is 30.3 Å². The van der Waals surface area contributed by atoms with E-state index in [1.807, 2.05) is 6.07 Å². The summed E-state index contributed by atoms with van der Waals surface area (Å²) in [6.45, 7) is 15.5. The van der Waals surface area contributed by atoms with Crippen LogP contribution in [0.3, 0.4) is 0 Å². The molecule has 10 nitrogen and oxygen atoms in total. The fraction of sp³-hybridized carbons (Fsp3) is 0.739. The van der Waals surface area contributed by atoms with Crippen molar-refractivity contribution in [1.29, 1.82) is 0 Å². The molecule has 7 atom stereocenters. The van der Waals surface area contributed by atoms with E-state index < -0.39 is 12.4 Å². The van der Waals surface area contributed by atoms with Crippen LogP contribution in [0.1, 0.15) is 121 Å². The number of hydrogen-bond acceptors (Lipinski definition) is 10. The van der Waals surface area contributed by atoms with E-state index in [0.29, 0.717) is 57.7 Å². The van der Waals surface area contributed by atoms with Gasteiger partial charge < -0.3 is 47.4 Å². The highest BCUT2D eigenvalue weighted by Gasteiger charge is 2.45. The van der Waals surface area contributed by atoms with Gasteiger partial charge in [0.15, 0.2) is 29.3 Å². The zero-order chi connectivity index (χ0) is 40.1. The molecule has 1 aliphatic heterocycles. The van der Waals surface area contributed by atoms with Crippen LogP contribution in [0.25, 0.3) is 0 Å². The molecule has 318 valence electrons. The molecule has 2 aliphatic rings. The van der Waals surface area contributed by atoms with Crippen LogP contribution in [0, 0.1) is 11.8 Å². The number of benzene rings is 2. The molecule has 0 N–H and O–H groups in total. The molecule has 1 saturated heterocycles. The molecule has 0 amide bonds. The van der Waals surface area contributed by atoms with Gasteiger partial charge in [-0.1, -0.05) is 72.8 Å². The fourth-order valence-corrected chi connectivity index (χ4v) is 7.71. The Balaban J connectivity index is 1.75. The highest BCUT2D eigenvalue weighted by Crippen LogP contribution is 2.49. The first-order valence-electron chi connectivity index (χ1n) is 21.7. The summed E-state index contributed by atoms with van der Waals surface area (Å²) < 4.78 is 63.5. The van der Waals surface area contributed by atoms with Gasteiger partial charge in [-0.2, -0.15) is 0 Å². The van der Waals surface area contributed by atoms with E-state index in [4.69, 9.17) is 47.4 Å². The second kappa shape index (κ2) is 25.7. The van der Waals surface area contributed by atoms with Crippen molar-refractivity contribution in [2.75, 3.05) is 74.2 Å². The van der Waals surface area contributed by atoms with E-state index in [1.54, 1.807) is 21.3 Å². The van der Waals surface area contributed by atoms with Crippen molar-refractivity contribution in [3.05, 3.63) is 47.0 Å². The summed E-state index contributed by atoms with van der Waals surface area (Å²) in [5.41, 5.74) is 3.49. The van der Waals surface area contributed by atoms with Crippen LogP contribution >= 0.6 is 0 Å². The molecule has 7 unspecified atom stereocenters. The van der Waals surface area contributed by atoms with Gasteiger partial charge in [0.1, 0.15) is 18.3 Å². The highest BCUT2D eigenvalue weighted by atomic mass is 16.7. The number of unbranched alkanes of at least 4 members (excludes halogenated alkanes) is 5. The van der Waals surface area contributed by atoms with Gasteiger partial charge in [-0.15, -0.1) is 0 Å². The first kappa shape index (κ1) is 46.1. The van der Waals surface area contributed by atoms with Gasteiger partial charge in [0.05, 0.1) is 47.8 Å². The SMILES string of the molecule is CCCCOCC1Cc2cc(OC)c(OC)cc2C(c2ccc(OCCCC)c(OC)c2)C1COC1OCC(OCCCC)C(OCCCC)C1OCCCC. The molecule has 56 heavy (non-hydrogen) atoms. The first-order valence-corrected chi connectivity index (χ1v) is 21.7. The van der Waals surface area contributed by atoms with E-state index in [-0.39, 0.29) is 30.0 Å². The predicted molar refractivity (Wildman–Crippen MR) is 221 cm³/mol. The highest BCUT2D eigenvalue weighted by molar-refractivity contribution is 5.54. The lowest BCUT2D eigenvalue weighted by Gasteiger charge is -2.44. The number of fused-ring (bicyclic) bond motifs is 1. The van der Waals surface area contributed by atoms with Crippen molar-refractivity contribution in [1.82, 2.24) is 0 Å². The topological polar surface area (TPSA) is 92.3 Å². The third kappa shape index (κ3) is 13.0. The minimum atomic E-state index is -0.623. The minimum Gasteiger partial charge on any atom is -0.493 e. The van der Waals surface area contributed by atoms with E-state index in [0.717, 1.165) is 94.3 Å². The summed E-state index contributed by atoms with van der Waals surface area (Å²) in [4.78, 5) is 0. The largest absolute Gasteiger partial charge is 0.493 e. The molecule has 1 heterocycles. The normalized spacial score (nSPS) is 23.5. The third-order valence-corrected chi connectivity index (χ3v) is 11.1. The Bertz CT molecular complexity index is 1370. The molecule has 1 fully saturated rings. The molecule has 2 aromatic rings. The maximum atomic E-state index is 7.00. The van der Waals surface area contributed by atoms with Gasteiger partial charge in [0, 0.05) is 32.3 Å². The monoisotopic (exact) mass is 787 g/mol. The minimum absolute atomic E-state index is 0.0108. The molecule has 10 heteroatoms. The van der Waals surface area contributed by atoms with E-state index >= 15 is 0 Å². The molecule has 4 rings (SSSR count). The van der Waals surface area contributed by atoms with Gasteiger partial charge in [0.25, 0.3) is 0 Å². The Morgan fingerprint density at radius 3 is 1.84 bits per heavy atom. The van der Waals surface area contributed by atoms with E-state index in [2.05, 4.69) is 58.9 Å². The maximum Gasteiger partial charge on any atom is 0.186 e. The maximum absolute atomic E-state index is 7.00. The van der Waals surface area contributed by atoms with Crippen LogP contribution < -0.4 is 18.9 Å². The van der Waals surface area contributed by atoms with Crippen LogP contribution in [0.2, 0.25) is 0 Å². The lowest BCUT2D eigenvalue weighted by atomic mass is 9.66. The second-order valence-electron chi connectivity index (χ2n) is 15.2. The van der Waals surface area contributed by atoms with Gasteiger partial charge >= 0.3 is 0 Å². The van der Waals surface area contributed by atoms with Crippen molar-refractivity contribution in [2.24, 2.45) is 11.8 Å². The van der Waals surface area contributed by atoms with Crippen molar-refractivity contribution in [3.63, 3.8) is 0 Å². The molecule has 0 radical (unpaired) electrons. The first-order chi connectivity index (χ1) is 27.5. The van der Waals surface area contributed by atoms with Crippen molar-refractivity contribution < 1.29 is 47.4 Å². The van der Waals surface area contributed by atoms with E-state index in [9.17, 15) is 0 Å². The molecule has 0 bridgehead atoms. The zero-order valence-corrected chi connectivity index (χ0v) is 35.9. The summed E-state index contributed by atoms with van der Waals surface area (Å²) in [6.07, 6.45) is 9.38. The Labute approximate surface area is 338 Å². The molecule has 2 aromatic carbocycles. The van der Waals surface area contributed by atoms with Gasteiger partial charge in [-0.05, 0) is 91.3 Å². The molecular formula is C46H74O10. The molecule has 0 aromatic heterocycles. The average Bonchev–Trinajstić information content (AvgIpc) is 3.22. The van der Waals surface area contributed by atoms with Crippen LogP contribution in [0.5, 0.6) is 23.0 Å². The lowest BCUT2D eigenvalue weighted by molar-refractivity contribution is -0.298. The van der Waals surface area contributed by atoms with Gasteiger partial charge in [-0.25, -0.2) is 0 Å². The molecular weight excluding hydrogens is 712 g/mol. The standard InChI is InChI=1S/C46H74O10/c1-9-14-21-50-30-35-26-34-28-40(48-7)41(49-8)29-36(34)43(33-19-20-38(39(27-33)47-6)51-22-15-10-2)37(35)31-55-46-45(54-25-18-13-5)44(53-24-17-12-4)42(32-56-46)52-23-16-11-3/h19-20,27-29,35,37,42-46H,9-18,21-26,30-32H2,1-8H3. The summed E-state index contributed by atoms with van der Waals surface area (Å²) in [5.74, 6) is 2.93. The Morgan fingerprint density at radius 1 is 0.589 bits per heavy atom. The number of hydrogen-bond donors (Lipinski definition) is 0. The zero-order valence-electron chi connectivity index (χ0n) is 35.9. The summed E-state index contributed by atoms with van der Waals surface area (Å²) in [6, 6.07) is 10.6. The van der Waals surface area contributed by atoms with Crippen molar-refractivity contribution >= 4 is 0 Å². The van der Waals surface area contributed by atoms with Crippen LogP contribution in [0.4, 0.5) is 0 Å². The van der Waals surface area contributed by atoms with Crippen molar-refractivity contribution in [3.8, 4) is 23.0 Å². The number of rotatable bonds is 28. The summed E-state index contributed by atoms with van der Waals surface area (Å²) in [5, 5.41) is 0. The quantitative estimate of drug-likeness (QED) is 0.0777. The summed E-state index contributed by atoms with van der Waals surface area (Å²) >= 11 is 0. The molecule has 0 spiro atoms. The molecule has 1 aliphatic carbocycles. The Hall–Kier alpha value is -2.60. The second-order valence-corrected chi connectivity index (χ2v) is 15.2. The fourth-order valence-electron chi connectivity index (χ4n) is 7.71. The predicted octanol–water partition coefficient (Wildman–Crippen LogP) is 9.56. The molecule has 0 saturated carbocycles. The Morgan fingerprint density at radius 2 is 1.18 bits per heavy atom. The van der Waals surface area contributed by atoms with Crippen LogP contribution in [-0.4, -0.2) is 98.8 Å². The number of ether oxygens (including phenoxy) is 10. The summed E-state index contributed by atoms with van der Waals surface area (Å²) in [7, 11) is 5.09. The third-order valence-electron chi connectivity index (χ3n) is 11.1. The van der Waals surface area contributed by atoms with Gasteiger partial charge in [-0.3, -0.25) is 0 Å². The lowest BCUT2D eigenvalue weighted by Crippen LogP contribution is -2.57. The van der Waals surface area contributed by atoms with Gasteiger partial charge in [0.2, 0.25) is 0 Å². The van der Waals surface area contributed by atoms with Crippen molar-refractivity contribution in [2.45, 2.75) is 136 Å². The van der Waals surface area contributed by atoms with Crippen LogP contribution in [-0.2, 0) is 34.8 Å². The number of methoxy groups -OCH3 is 3.